The predicted molar refractivity (Wildman–Crippen MR) is 99.1 cm³/mol. The molecule has 0 bridgehead atoms. The smallest absolute Gasteiger partial charge is 0.140 e. The monoisotopic (exact) mass is 350 g/mol. The molecule has 2 heterocycles. The van der Waals surface area contributed by atoms with E-state index in [1.165, 1.54) is 0 Å². The second-order valence-electron chi connectivity index (χ2n) is 6.34. The van der Waals surface area contributed by atoms with E-state index < -0.39 is 0 Å². The van der Waals surface area contributed by atoms with Crippen molar-refractivity contribution in [3.05, 3.63) is 72.6 Å². The van der Waals surface area contributed by atoms with Crippen LogP contribution >= 0.6 is 0 Å². The third-order valence-electron chi connectivity index (χ3n) is 4.69. The fraction of sp³-hybridized carbons (Fsp3) is 0.286. The van der Waals surface area contributed by atoms with E-state index in [1.807, 2.05) is 54.9 Å². The van der Waals surface area contributed by atoms with E-state index in [2.05, 4.69) is 21.7 Å². The van der Waals surface area contributed by atoms with Crippen molar-refractivity contribution in [2.24, 2.45) is 0 Å². The Labute approximate surface area is 153 Å². The Balaban J connectivity index is 1.48. The summed E-state index contributed by atoms with van der Waals surface area (Å²) in [7, 11) is 1.72. The van der Waals surface area contributed by atoms with Gasteiger partial charge >= 0.3 is 0 Å². The number of nitrogens with zero attached hydrogens (tertiary/aromatic N) is 2. The van der Waals surface area contributed by atoms with Crippen LogP contribution in [-0.4, -0.2) is 36.0 Å². The zero-order valence-electron chi connectivity index (χ0n) is 14.7. The van der Waals surface area contributed by atoms with Gasteiger partial charge in [-0.05, 0) is 29.8 Å². The highest BCUT2D eigenvalue weighted by Gasteiger charge is 2.31. The Bertz CT molecular complexity index is 830. The first-order valence-electron chi connectivity index (χ1n) is 8.75. The molecule has 5 heteroatoms. The first-order valence-corrected chi connectivity index (χ1v) is 8.75. The third kappa shape index (κ3) is 3.49. The van der Waals surface area contributed by atoms with E-state index in [4.69, 9.17) is 14.2 Å². The molecule has 0 unspecified atom stereocenters. The quantitative estimate of drug-likeness (QED) is 0.680. The second kappa shape index (κ2) is 7.72. The highest BCUT2D eigenvalue weighted by Crippen LogP contribution is 2.29. The zero-order valence-corrected chi connectivity index (χ0v) is 14.7. The molecule has 5 nitrogen and oxygen atoms in total. The van der Waals surface area contributed by atoms with E-state index in [0.717, 1.165) is 22.7 Å². The summed E-state index contributed by atoms with van der Waals surface area (Å²) in [6.45, 7) is 1.81. The lowest BCUT2D eigenvalue weighted by Crippen LogP contribution is -2.24. The van der Waals surface area contributed by atoms with Gasteiger partial charge in [-0.2, -0.15) is 0 Å². The Morgan fingerprint density at radius 1 is 1.08 bits per heavy atom. The van der Waals surface area contributed by atoms with Crippen molar-refractivity contribution in [1.29, 1.82) is 0 Å². The minimum Gasteiger partial charge on any atom is -0.489 e. The summed E-state index contributed by atoms with van der Waals surface area (Å²) in [4.78, 5) is 4.53. The number of rotatable bonds is 6. The van der Waals surface area contributed by atoms with Crippen molar-refractivity contribution in [3.63, 3.8) is 0 Å². The minimum absolute atomic E-state index is 0.0522. The van der Waals surface area contributed by atoms with Gasteiger partial charge in [-0.1, -0.05) is 30.3 Å². The second-order valence-corrected chi connectivity index (χ2v) is 6.34. The van der Waals surface area contributed by atoms with Gasteiger partial charge in [0.1, 0.15) is 24.3 Å². The van der Waals surface area contributed by atoms with E-state index in [0.29, 0.717) is 19.8 Å². The van der Waals surface area contributed by atoms with Gasteiger partial charge in [-0.15, -0.1) is 0 Å². The van der Waals surface area contributed by atoms with Gasteiger partial charge in [0, 0.05) is 25.1 Å². The van der Waals surface area contributed by atoms with Crippen LogP contribution in [0.3, 0.4) is 0 Å². The molecule has 3 aromatic rings. The number of aromatic nitrogens is 2. The molecule has 0 radical (unpaired) electrons. The molecule has 0 saturated carbocycles. The summed E-state index contributed by atoms with van der Waals surface area (Å²) >= 11 is 0. The van der Waals surface area contributed by atoms with Crippen LogP contribution < -0.4 is 4.74 Å². The van der Waals surface area contributed by atoms with Gasteiger partial charge in [0.05, 0.1) is 19.3 Å². The number of hydrogen-bond donors (Lipinski definition) is 0. The molecular formula is C21H22N2O3. The first-order chi connectivity index (χ1) is 12.8. The van der Waals surface area contributed by atoms with Crippen molar-refractivity contribution < 1.29 is 14.2 Å². The standard InChI is InChI=1S/C21H22N2O3/c1-24-20-15-25-14-19(20)23-12-11-22-21(23)17-7-9-18(10-8-17)26-13-16-5-3-2-4-6-16/h2-12,19-20H,13-15H2,1H3/t19-,20+/m1/s1. The van der Waals surface area contributed by atoms with E-state index in [9.17, 15) is 0 Å². The Hall–Kier alpha value is -2.63. The van der Waals surface area contributed by atoms with Gasteiger partial charge in [0.15, 0.2) is 0 Å². The Kier molecular flexibility index (Phi) is 5.00. The number of imidazole rings is 1. The molecular weight excluding hydrogens is 328 g/mol. The summed E-state index contributed by atoms with van der Waals surface area (Å²) in [6.07, 6.45) is 3.86. The van der Waals surface area contributed by atoms with Crippen molar-refractivity contribution >= 4 is 0 Å². The van der Waals surface area contributed by atoms with Crippen molar-refractivity contribution in [3.8, 4) is 17.1 Å². The Morgan fingerprint density at radius 2 is 1.88 bits per heavy atom. The molecule has 134 valence electrons. The summed E-state index contributed by atoms with van der Waals surface area (Å²) in [5.41, 5.74) is 2.20. The highest BCUT2D eigenvalue weighted by atomic mass is 16.5. The topological polar surface area (TPSA) is 45.5 Å². The van der Waals surface area contributed by atoms with Crippen LogP contribution in [0.25, 0.3) is 11.4 Å². The molecule has 0 N–H and O–H groups in total. The van der Waals surface area contributed by atoms with Crippen LogP contribution in [-0.2, 0) is 16.1 Å². The van der Waals surface area contributed by atoms with Gasteiger partial charge < -0.3 is 18.8 Å². The SMILES string of the molecule is CO[C@H]1COC[C@H]1n1ccnc1-c1ccc(OCc2ccccc2)cc1. The van der Waals surface area contributed by atoms with Crippen molar-refractivity contribution in [1.82, 2.24) is 9.55 Å². The number of methoxy groups -OCH3 is 1. The average Bonchev–Trinajstić information content (AvgIpc) is 3.36. The van der Waals surface area contributed by atoms with Crippen LogP contribution in [0.15, 0.2) is 67.0 Å². The Morgan fingerprint density at radius 3 is 2.65 bits per heavy atom. The minimum atomic E-state index is 0.0522. The molecule has 4 rings (SSSR count). The van der Waals surface area contributed by atoms with Crippen LogP contribution in [0.4, 0.5) is 0 Å². The predicted octanol–water partition coefficient (Wildman–Crippen LogP) is 3.72. The summed E-state index contributed by atoms with van der Waals surface area (Å²) < 4.78 is 19.1. The van der Waals surface area contributed by atoms with Gasteiger partial charge in [0.2, 0.25) is 0 Å². The van der Waals surface area contributed by atoms with Crippen LogP contribution in [0.1, 0.15) is 11.6 Å². The maximum atomic E-state index is 5.86. The fourth-order valence-electron chi connectivity index (χ4n) is 3.25. The maximum Gasteiger partial charge on any atom is 0.140 e. The van der Waals surface area contributed by atoms with E-state index >= 15 is 0 Å². The van der Waals surface area contributed by atoms with Gasteiger partial charge in [0.25, 0.3) is 0 Å². The normalized spacial score (nSPS) is 19.6. The summed E-state index contributed by atoms with van der Waals surface area (Å²) in [5.74, 6) is 1.76. The van der Waals surface area contributed by atoms with Crippen molar-refractivity contribution in [2.75, 3.05) is 20.3 Å². The summed E-state index contributed by atoms with van der Waals surface area (Å²) in [6, 6.07) is 18.3. The van der Waals surface area contributed by atoms with Crippen molar-refractivity contribution in [2.45, 2.75) is 18.8 Å². The largest absolute Gasteiger partial charge is 0.489 e. The lowest BCUT2D eigenvalue weighted by atomic mass is 10.1. The van der Waals surface area contributed by atoms with Gasteiger partial charge in [-0.3, -0.25) is 0 Å². The third-order valence-corrected chi connectivity index (χ3v) is 4.69. The number of hydrogen-bond acceptors (Lipinski definition) is 4. The zero-order chi connectivity index (χ0) is 17.8. The van der Waals surface area contributed by atoms with Crippen LogP contribution in [0.5, 0.6) is 5.75 Å². The summed E-state index contributed by atoms with van der Waals surface area (Å²) in [5, 5.41) is 0. The molecule has 2 aromatic carbocycles. The number of benzene rings is 2. The average molecular weight is 350 g/mol. The van der Waals surface area contributed by atoms with Crippen LogP contribution in [0.2, 0.25) is 0 Å². The molecule has 1 aromatic heterocycles. The molecule has 1 fully saturated rings. The fourth-order valence-corrected chi connectivity index (χ4v) is 3.25. The maximum absolute atomic E-state index is 5.86. The van der Waals surface area contributed by atoms with E-state index in [-0.39, 0.29) is 12.1 Å². The lowest BCUT2D eigenvalue weighted by Gasteiger charge is -2.20. The molecule has 0 aliphatic carbocycles. The molecule has 2 atom stereocenters. The molecule has 0 amide bonds. The first kappa shape index (κ1) is 16.8. The van der Waals surface area contributed by atoms with Gasteiger partial charge in [-0.25, -0.2) is 4.98 Å². The van der Waals surface area contributed by atoms with E-state index in [1.54, 1.807) is 7.11 Å². The molecule has 1 saturated heterocycles. The molecule has 1 aliphatic heterocycles. The lowest BCUT2D eigenvalue weighted by molar-refractivity contribution is 0.0688. The molecule has 26 heavy (non-hydrogen) atoms. The molecule has 1 aliphatic rings. The highest BCUT2D eigenvalue weighted by molar-refractivity contribution is 5.57. The number of ether oxygens (including phenoxy) is 3. The molecule has 0 spiro atoms. The van der Waals surface area contributed by atoms with Crippen LogP contribution in [0, 0.1) is 0 Å².